The fourth-order valence-corrected chi connectivity index (χ4v) is 1.55. The van der Waals surface area contributed by atoms with Gasteiger partial charge in [-0.1, -0.05) is 30.3 Å². The molecule has 0 radical (unpaired) electrons. The van der Waals surface area contributed by atoms with Crippen molar-refractivity contribution < 1.29 is 9.66 Å². The van der Waals surface area contributed by atoms with Crippen LogP contribution in [0.5, 0.6) is 11.5 Å². The van der Waals surface area contributed by atoms with Crippen molar-refractivity contribution >= 4 is 6.08 Å². The van der Waals surface area contributed by atoms with E-state index in [1.165, 1.54) is 13.0 Å². The summed E-state index contributed by atoms with van der Waals surface area (Å²) in [6.45, 7) is 1.47. The molecule has 2 aromatic carbocycles. The van der Waals surface area contributed by atoms with E-state index < -0.39 is 4.92 Å². The number of rotatable bonds is 4. The summed E-state index contributed by atoms with van der Waals surface area (Å²) >= 11 is 0. The van der Waals surface area contributed by atoms with Crippen molar-refractivity contribution in [2.75, 3.05) is 0 Å². The molecule has 0 saturated carbocycles. The Labute approximate surface area is 111 Å². The molecule has 2 aromatic rings. The quantitative estimate of drug-likeness (QED) is 0.610. The van der Waals surface area contributed by atoms with Crippen molar-refractivity contribution in [3.63, 3.8) is 0 Å². The van der Waals surface area contributed by atoms with Gasteiger partial charge in [0, 0.05) is 13.0 Å². The third-order valence-corrected chi connectivity index (χ3v) is 2.52. The fourth-order valence-electron chi connectivity index (χ4n) is 1.55. The molecule has 0 saturated heterocycles. The molecule has 0 aliphatic heterocycles. The summed E-state index contributed by atoms with van der Waals surface area (Å²) < 4.78 is 5.63. The monoisotopic (exact) mass is 255 g/mol. The number of ether oxygens (including phenoxy) is 1. The Morgan fingerprint density at radius 2 is 1.63 bits per heavy atom. The second kappa shape index (κ2) is 5.82. The van der Waals surface area contributed by atoms with Gasteiger partial charge >= 0.3 is 0 Å². The van der Waals surface area contributed by atoms with Crippen LogP contribution in [0.3, 0.4) is 0 Å². The Balaban J connectivity index is 2.11. The van der Waals surface area contributed by atoms with Crippen molar-refractivity contribution in [1.82, 2.24) is 0 Å². The van der Waals surface area contributed by atoms with Crippen LogP contribution in [0, 0.1) is 10.1 Å². The van der Waals surface area contributed by atoms with Crippen molar-refractivity contribution in [3.05, 3.63) is 76.0 Å². The first-order valence-electron chi connectivity index (χ1n) is 5.81. The first-order chi connectivity index (χ1) is 9.15. The number of hydrogen-bond acceptors (Lipinski definition) is 3. The summed E-state index contributed by atoms with van der Waals surface area (Å²) in [6, 6.07) is 16.6. The number of para-hydroxylation sites is 1. The first-order valence-corrected chi connectivity index (χ1v) is 5.81. The van der Waals surface area contributed by atoms with E-state index in [-0.39, 0.29) is 5.70 Å². The summed E-state index contributed by atoms with van der Waals surface area (Å²) in [6.07, 6.45) is 1.52. The van der Waals surface area contributed by atoms with Crippen LogP contribution in [0.1, 0.15) is 12.5 Å². The highest BCUT2D eigenvalue weighted by Gasteiger charge is 2.02. The van der Waals surface area contributed by atoms with Crippen LogP contribution in [-0.4, -0.2) is 4.92 Å². The molecule has 0 heterocycles. The van der Waals surface area contributed by atoms with Crippen molar-refractivity contribution in [1.29, 1.82) is 0 Å². The molecule has 19 heavy (non-hydrogen) atoms. The van der Waals surface area contributed by atoms with Gasteiger partial charge < -0.3 is 4.74 Å². The van der Waals surface area contributed by atoms with Crippen molar-refractivity contribution in [2.45, 2.75) is 6.92 Å². The van der Waals surface area contributed by atoms with Gasteiger partial charge in [-0.3, -0.25) is 10.1 Å². The van der Waals surface area contributed by atoms with E-state index in [2.05, 4.69) is 0 Å². The highest BCUT2D eigenvalue weighted by Crippen LogP contribution is 2.21. The lowest BCUT2D eigenvalue weighted by Gasteiger charge is -2.05. The first kappa shape index (κ1) is 12.8. The molecule has 0 aliphatic carbocycles. The minimum absolute atomic E-state index is 0.108. The predicted octanol–water partition coefficient (Wildman–Crippen LogP) is 4.12. The molecule has 0 aliphatic rings. The maximum atomic E-state index is 10.5. The Bertz CT molecular complexity index is 589. The van der Waals surface area contributed by atoms with E-state index in [1.54, 1.807) is 24.3 Å². The topological polar surface area (TPSA) is 52.4 Å². The maximum Gasteiger partial charge on any atom is 0.243 e. The average molecular weight is 255 g/mol. The molecule has 4 nitrogen and oxygen atoms in total. The number of nitro groups is 1. The van der Waals surface area contributed by atoms with E-state index in [0.717, 1.165) is 11.3 Å². The lowest BCUT2D eigenvalue weighted by Crippen LogP contribution is -1.92. The Morgan fingerprint density at radius 1 is 1.05 bits per heavy atom. The molecule has 0 atom stereocenters. The van der Waals surface area contributed by atoms with Gasteiger partial charge in [0.2, 0.25) is 5.70 Å². The highest BCUT2D eigenvalue weighted by molar-refractivity contribution is 5.52. The average Bonchev–Trinajstić information content (AvgIpc) is 2.42. The van der Waals surface area contributed by atoms with Crippen LogP contribution < -0.4 is 4.74 Å². The van der Waals surface area contributed by atoms with Gasteiger partial charge in [-0.25, -0.2) is 0 Å². The minimum Gasteiger partial charge on any atom is -0.457 e. The van der Waals surface area contributed by atoms with E-state index >= 15 is 0 Å². The summed E-state index contributed by atoms with van der Waals surface area (Å²) in [5, 5.41) is 10.5. The van der Waals surface area contributed by atoms with E-state index in [9.17, 15) is 10.1 Å². The molecule has 96 valence electrons. The lowest BCUT2D eigenvalue weighted by atomic mass is 10.2. The Hall–Kier alpha value is -2.62. The van der Waals surface area contributed by atoms with Gasteiger partial charge in [0.1, 0.15) is 11.5 Å². The Morgan fingerprint density at radius 3 is 2.21 bits per heavy atom. The molecule has 0 amide bonds. The van der Waals surface area contributed by atoms with Gasteiger partial charge in [-0.15, -0.1) is 0 Å². The van der Waals surface area contributed by atoms with Crippen LogP contribution in [0.25, 0.3) is 6.08 Å². The zero-order chi connectivity index (χ0) is 13.7. The SMILES string of the molecule is C/C(=C\c1ccc(Oc2ccccc2)cc1)[N+](=O)[O-]. The molecule has 0 N–H and O–H groups in total. The highest BCUT2D eigenvalue weighted by atomic mass is 16.6. The number of allylic oxidation sites excluding steroid dienone is 1. The standard InChI is InChI=1S/C15H13NO3/c1-12(16(17)18)11-13-7-9-15(10-8-13)19-14-5-3-2-4-6-14/h2-11H,1H3/b12-11+. The van der Waals surface area contributed by atoms with E-state index in [0.29, 0.717) is 5.75 Å². The van der Waals surface area contributed by atoms with Gasteiger partial charge in [0.15, 0.2) is 0 Å². The minimum atomic E-state index is -0.408. The second-order valence-corrected chi connectivity index (χ2v) is 4.03. The van der Waals surface area contributed by atoms with Crippen molar-refractivity contribution in [3.8, 4) is 11.5 Å². The Kier molecular flexibility index (Phi) is 3.93. The van der Waals surface area contributed by atoms with Crippen molar-refractivity contribution in [2.24, 2.45) is 0 Å². The van der Waals surface area contributed by atoms with Gasteiger partial charge in [0.05, 0.1) is 4.92 Å². The maximum absolute atomic E-state index is 10.5. The zero-order valence-electron chi connectivity index (χ0n) is 10.4. The van der Waals surface area contributed by atoms with Crippen LogP contribution >= 0.6 is 0 Å². The van der Waals surface area contributed by atoms with Gasteiger partial charge in [-0.05, 0) is 29.8 Å². The van der Waals surface area contributed by atoms with Crippen LogP contribution in [0.2, 0.25) is 0 Å². The van der Waals surface area contributed by atoms with Crippen LogP contribution in [-0.2, 0) is 0 Å². The van der Waals surface area contributed by atoms with E-state index in [1.807, 2.05) is 30.3 Å². The molecule has 0 spiro atoms. The number of hydrogen-bond donors (Lipinski definition) is 0. The molecule has 0 unspecified atom stereocenters. The zero-order valence-corrected chi connectivity index (χ0v) is 10.4. The molecule has 0 aromatic heterocycles. The smallest absolute Gasteiger partial charge is 0.243 e. The van der Waals surface area contributed by atoms with Gasteiger partial charge in [0.25, 0.3) is 0 Å². The number of benzene rings is 2. The molecule has 0 fully saturated rings. The summed E-state index contributed by atoms with van der Waals surface area (Å²) in [5.74, 6) is 1.45. The predicted molar refractivity (Wildman–Crippen MR) is 73.6 cm³/mol. The summed E-state index contributed by atoms with van der Waals surface area (Å²) in [4.78, 5) is 10.1. The normalized spacial score (nSPS) is 11.1. The van der Waals surface area contributed by atoms with Crippen LogP contribution in [0.15, 0.2) is 60.3 Å². The number of nitrogens with zero attached hydrogens (tertiary/aromatic N) is 1. The molecule has 2 rings (SSSR count). The third kappa shape index (κ3) is 3.67. The largest absolute Gasteiger partial charge is 0.457 e. The van der Waals surface area contributed by atoms with Crippen LogP contribution in [0.4, 0.5) is 0 Å². The van der Waals surface area contributed by atoms with E-state index in [4.69, 9.17) is 4.74 Å². The third-order valence-electron chi connectivity index (χ3n) is 2.52. The fraction of sp³-hybridized carbons (Fsp3) is 0.0667. The summed E-state index contributed by atoms with van der Waals surface area (Å²) in [5.41, 5.74) is 0.881. The molecular formula is C15H13NO3. The second-order valence-electron chi connectivity index (χ2n) is 4.03. The summed E-state index contributed by atoms with van der Waals surface area (Å²) in [7, 11) is 0. The molecular weight excluding hydrogens is 242 g/mol. The molecule has 4 heteroatoms. The molecule has 0 bridgehead atoms. The van der Waals surface area contributed by atoms with Gasteiger partial charge in [-0.2, -0.15) is 0 Å². The lowest BCUT2D eigenvalue weighted by molar-refractivity contribution is -0.422.